The molecule has 0 aliphatic rings. The van der Waals surface area contributed by atoms with Gasteiger partial charge >= 0.3 is 12.0 Å². The molecular weight excluding hydrogens is 256 g/mol. The summed E-state index contributed by atoms with van der Waals surface area (Å²) >= 11 is 0. The summed E-state index contributed by atoms with van der Waals surface area (Å²) in [5.41, 5.74) is 1.11. The summed E-state index contributed by atoms with van der Waals surface area (Å²) < 4.78 is 10.4. The van der Waals surface area contributed by atoms with E-state index in [9.17, 15) is 0 Å². The Hall–Kier alpha value is -2.63. The van der Waals surface area contributed by atoms with Gasteiger partial charge in [-0.1, -0.05) is 36.4 Å². The number of benzene rings is 1. The van der Waals surface area contributed by atoms with Crippen molar-refractivity contribution in [3.63, 3.8) is 0 Å². The first-order chi connectivity index (χ1) is 9.81. The van der Waals surface area contributed by atoms with Crippen molar-refractivity contribution in [3.05, 3.63) is 42.0 Å². The van der Waals surface area contributed by atoms with Crippen LogP contribution in [0.25, 0.3) is 6.08 Å². The first-order valence-corrected chi connectivity index (χ1v) is 6.14. The number of ether oxygens (including phenoxy) is 2. The summed E-state index contributed by atoms with van der Waals surface area (Å²) in [5, 5.41) is 2.82. The maximum atomic E-state index is 5.44. The Balaban J connectivity index is 1.95. The SMILES string of the molecule is CNc1nc(OC)nc(OC/C=C/c2ccccc2)n1. The molecule has 0 bridgehead atoms. The normalized spacial score (nSPS) is 10.5. The summed E-state index contributed by atoms with van der Waals surface area (Å²) in [6, 6.07) is 10.4. The van der Waals surface area contributed by atoms with Gasteiger partial charge in [-0.2, -0.15) is 9.97 Å². The van der Waals surface area contributed by atoms with Crippen LogP contribution in [0.2, 0.25) is 0 Å². The van der Waals surface area contributed by atoms with Gasteiger partial charge < -0.3 is 14.8 Å². The minimum atomic E-state index is 0.214. The maximum Gasteiger partial charge on any atom is 0.324 e. The highest BCUT2D eigenvalue weighted by Gasteiger charge is 2.05. The van der Waals surface area contributed by atoms with Crippen molar-refractivity contribution < 1.29 is 9.47 Å². The average molecular weight is 272 g/mol. The molecule has 0 saturated carbocycles. The standard InChI is InChI=1S/C14H16N4O2/c1-15-12-16-13(19-2)18-14(17-12)20-10-6-9-11-7-4-3-5-8-11/h3-9H,10H2,1-2H3,(H,15,16,17,18)/b9-6+. The molecule has 1 aromatic carbocycles. The molecule has 0 radical (unpaired) electrons. The number of hydrogen-bond donors (Lipinski definition) is 1. The van der Waals surface area contributed by atoms with Crippen LogP contribution in [-0.2, 0) is 0 Å². The fraction of sp³-hybridized carbons (Fsp3) is 0.214. The van der Waals surface area contributed by atoms with Crippen molar-refractivity contribution >= 4 is 12.0 Å². The molecule has 0 saturated heterocycles. The second-order valence-corrected chi connectivity index (χ2v) is 3.80. The summed E-state index contributed by atoms with van der Waals surface area (Å²) in [5.74, 6) is 0.402. The lowest BCUT2D eigenvalue weighted by Crippen LogP contribution is -2.05. The summed E-state index contributed by atoms with van der Waals surface area (Å²) in [6.45, 7) is 0.366. The molecule has 104 valence electrons. The van der Waals surface area contributed by atoms with E-state index in [0.717, 1.165) is 5.56 Å². The van der Waals surface area contributed by atoms with E-state index in [4.69, 9.17) is 9.47 Å². The van der Waals surface area contributed by atoms with Crippen molar-refractivity contribution in [1.82, 2.24) is 15.0 Å². The molecule has 0 unspecified atom stereocenters. The first-order valence-electron chi connectivity index (χ1n) is 6.14. The Bertz CT molecular complexity index is 550. The Labute approximate surface area is 117 Å². The number of hydrogen-bond acceptors (Lipinski definition) is 6. The van der Waals surface area contributed by atoms with Gasteiger partial charge in [-0.3, -0.25) is 0 Å². The second-order valence-electron chi connectivity index (χ2n) is 3.80. The molecule has 1 aromatic heterocycles. The zero-order chi connectivity index (χ0) is 14.2. The lowest BCUT2D eigenvalue weighted by molar-refractivity contribution is 0.314. The highest BCUT2D eigenvalue weighted by molar-refractivity contribution is 5.48. The van der Waals surface area contributed by atoms with Gasteiger partial charge in [0.05, 0.1) is 7.11 Å². The van der Waals surface area contributed by atoms with Crippen LogP contribution in [0.1, 0.15) is 5.56 Å². The van der Waals surface area contributed by atoms with Crippen molar-refractivity contribution in [3.8, 4) is 12.0 Å². The van der Waals surface area contributed by atoms with Crippen molar-refractivity contribution in [2.75, 3.05) is 26.1 Å². The largest absolute Gasteiger partial charge is 0.467 e. The fourth-order valence-electron chi connectivity index (χ4n) is 1.48. The Morgan fingerprint density at radius 3 is 2.55 bits per heavy atom. The zero-order valence-corrected chi connectivity index (χ0v) is 11.4. The van der Waals surface area contributed by atoms with Crippen LogP contribution in [0.3, 0.4) is 0 Å². The zero-order valence-electron chi connectivity index (χ0n) is 11.4. The molecule has 1 heterocycles. The highest BCUT2D eigenvalue weighted by atomic mass is 16.5. The molecule has 0 atom stereocenters. The van der Waals surface area contributed by atoms with Gasteiger partial charge in [0, 0.05) is 7.05 Å². The number of nitrogens with one attached hydrogen (secondary N) is 1. The summed E-state index contributed by atoms with van der Waals surface area (Å²) in [4.78, 5) is 12.1. The third-order valence-electron chi connectivity index (χ3n) is 2.42. The van der Waals surface area contributed by atoms with Gasteiger partial charge in [0.2, 0.25) is 5.95 Å². The Kier molecular flexibility index (Phi) is 4.88. The van der Waals surface area contributed by atoms with Crippen LogP contribution >= 0.6 is 0 Å². The number of anilines is 1. The van der Waals surface area contributed by atoms with Gasteiger partial charge in [0.1, 0.15) is 6.61 Å². The lowest BCUT2D eigenvalue weighted by Gasteiger charge is -2.05. The maximum absolute atomic E-state index is 5.44. The van der Waals surface area contributed by atoms with Crippen LogP contribution in [0.5, 0.6) is 12.0 Å². The summed E-state index contributed by atoms with van der Waals surface area (Å²) in [6.07, 6.45) is 3.86. The fourth-order valence-corrected chi connectivity index (χ4v) is 1.48. The van der Waals surface area contributed by atoms with E-state index in [2.05, 4.69) is 20.3 Å². The van der Waals surface area contributed by atoms with Crippen LogP contribution in [0.15, 0.2) is 36.4 Å². The van der Waals surface area contributed by atoms with E-state index < -0.39 is 0 Å². The van der Waals surface area contributed by atoms with Gasteiger partial charge in [-0.05, 0) is 11.6 Å². The van der Waals surface area contributed by atoms with Gasteiger partial charge in [-0.25, -0.2) is 0 Å². The Morgan fingerprint density at radius 1 is 1.10 bits per heavy atom. The van der Waals surface area contributed by atoms with Crippen molar-refractivity contribution in [1.29, 1.82) is 0 Å². The van der Waals surface area contributed by atoms with Crippen LogP contribution in [-0.4, -0.2) is 35.7 Å². The minimum absolute atomic E-state index is 0.214. The molecule has 2 rings (SSSR count). The van der Waals surface area contributed by atoms with Crippen LogP contribution in [0.4, 0.5) is 5.95 Å². The number of aromatic nitrogens is 3. The molecule has 20 heavy (non-hydrogen) atoms. The molecule has 2 aromatic rings. The average Bonchev–Trinajstić information content (AvgIpc) is 2.52. The predicted molar refractivity (Wildman–Crippen MR) is 76.9 cm³/mol. The van der Waals surface area contributed by atoms with Crippen molar-refractivity contribution in [2.45, 2.75) is 0 Å². The van der Waals surface area contributed by atoms with E-state index >= 15 is 0 Å². The molecule has 1 N–H and O–H groups in total. The molecular formula is C14H16N4O2. The minimum Gasteiger partial charge on any atom is -0.467 e. The molecule has 0 spiro atoms. The molecule has 0 aliphatic carbocycles. The van der Waals surface area contributed by atoms with Gasteiger partial charge in [-0.15, -0.1) is 4.98 Å². The smallest absolute Gasteiger partial charge is 0.324 e. The Morgan fingerprint density at radius 2 is 1.85 bits per heavy atom. The molecule has 0 aliphatic heterocycles. The van der Waals surface area contributed by atoms with Crippen molar-refractivity contribution in [2.24, 2.45) is 0 Å². The lowest BCUT2D eigenvalue weighted by atomic mass is 10.2. The van der Waals surface area contributed by atoms with E-state index in [1.807, 2.05) is 42.5 Å². The molecule has 6 heteroatoms. The van der Waals surface area contributed by atoms with Crippen LogP contribution < -0.4 is 14.8 Å². The quantitative estimate of drug-likeness (QED) is 0.867. The number of nitrogens with zero attached hydrogens (tertiary/aromatic N) is 3. The molecule has 0 fully saturated rings. The third-order valence-corrected chi connectivity index (χ3v) is 2.42. The number of methoxy groups -OCH3 is 1. The molecule has 6 nitrogen and oxygen atoms in total. The predicted octanol–water partition coefficient (Wildman–Crippen LogP) is 2.01. The second kappa shape index (κ2) is 7.08. The summed E-state index contributed by atoms with van der Waals surface area (Å²) in [7, 11) is 3.21. The topological polar surface area (TPSA) is 69.2 Å². The van der Waals surface area contributed by atoms with Gasteiger partial charge in [0.25, 0.3) is 0 Å². The number of rotatable bonds is 6. The van der Waals surface area contributed by atoms with E-state index in [1.54, 1.807) is 7.05 Å². The molecule has 0 amide bonds. The van der Waals surface area contributed by atoms with Crippen LogP contribution in [0, 0.1) is 0 Å². The van der Waals surface area contributed by atoms with E-state index in [1.165, 1.54) is 7.11 Å². The third kappa shape index (κ3) is 3.94. The highest BCUT2D eigenvalue weighted by Crippen LogP contribution is 2.12. The van der Waals surface area contributed by atoms with E-state index in [0.29, 0.717) is 12.6 Å². The monoisotopic (exact) mass is 272 g/mol. The van der Waals surface area contributed by atoms with E-state index in [-0.39, 0.29) is 12.0 Å². The first kappa shape index (κ1) is 13.8. The van der Waals surface area contributed by atoms with Gasteiger partial charge in [0.15, 0.2) is 0 Å².